The molecule has 0 spiro atoms. The number of fused-ring (bicyclic) bond motifs is 2. The highest BCUT2D eigenvalue weighted by atomic mass is 16.7. The van der Waals surface area contributed by atoms with Crippen LogP contribution < -0.4 is 0 Å². The number of hydrogen-bond acceptors (Lipinski definition) is 5. The van der Waals surface area contributed by atoms with Crippen molar-refractivity contribution in [1.29, 1.82) is 0 Å². The molecule has 0 N–H and O–H groups in total. The van der Waals surface area contributed by atoms with Gasteiger partial charge in [-0.05, 0) is 64.7 Å². The summed E-state index contributed by atoms with van der Waals surface area (Å²) in [5, 5.41) is 0. The molecular formula is C18H30O5. The van der Waals surface area contributed by atoms with Gasteiger partial charge in [-0.25, -0.2) is 0 Å². The zero-order valence-electron chi connectivity index (χ0n) is 14.8. The summed E-state index contributed by atoms with van der Waals surface area (Å²) >= 11 is 0. The Morgan fingerprint density at radius 1 is 1.22 bits per heavy atom. The number of carbonyl (C=O) groups is 2. The van der Waals surface area contributed by atoms with E-state index >= 15 is 0 Å². The number of hydrogen-bond donors (Lipinski definition) is 0. The molecule has 132 valence electrons. The largest absolute Gasteiger partial charge is 0.462 e. The maximum atomic E-state index is 11.9. The fraction of sp³-hybridized carbons (Fsp3) is 0.889. The summed E-state index contributed by atoms with van der Waals surface area (Å²) in [5.74, 6) is 0.790. The maximum Gasteiger partial charge on any atom is 0.311 e. The highest BCUT2D eigenvalue weighted by molar-refractivity contribution is 5.76. The van der Waals surface area contributed by atoms with Crippen LogP contribution in [0, 0.1) is 17.3 Å². The maximum absolute atomic E-state index is 11.9. The second kappa shape index (κ2) is 7.65. The quantitative estimate of drug-likeness (QED) is 0.505. The molecule has 2 unspecified atom stereocenters. The van der Waals surface area contributed by atoms with Gasteiger partial charge in [-0.3, -0.25) is 9.59 Å². The van der Waals surface area contributed by atoms with Crippen molar-refractivity contribution >= 4 is 11.9 Å². The SMILES string of the molecule is CCC(C)(C)C(=O)OC(C)CC(=O)OCOC1C[C@@H]2CC[C@H]1C2. The van der Waals surface area contributed by atoms with Crippen molar-refractivity contribution in [3.05, 3.63) is 0 Å². The monoisotopic (exact) mass is 326 g/mol. The molecule has 2 bridgehead atoms. The van der Waals surface area contributed by atoms with Crippen LogP contribution in [-0.4, -0.2) is 30.9 Å². The van der Waals surface area contributed by atoms with E-state index in [1.165, 1.54) is 19.3 Å². The van der Waals surface area contributed by atoms with Crippen molar-refractivity contribution in [2.24, 2.45) is 17.3 Å². The minimum Gasteiger partial charge on any atom is -0.462 e. The van der Waals surface area contributed by atoms with Crippen LogP contribution in [0.2, 0.25) is 0 Å². The summed E-state index contributed by atoms with van der Waals surface area (Å²) in [6, 6.07) is 0. The van der Waals surface area contributed by atoms with Crippen molar-refractivity contribution in [3.63, 3.8) is 0 Å². The number of ether oxygens (including phenoxy) is 3. The van der Waals surface area contributed by atoms with E-state index in [9.17, 15) is 9.59 Å². The topological polar surface area (TPSA) is 61.8 Å². The number of carbonyl (C=O) groups excluding carboxylic acids is 2. The average molecular weight is 326 g/mol. The standard InChI is InChI=1S/C18H30O5/c1-5-18(3,4)17(20)23-12(2)8-16(19)22-11-21-15-10-13-6-7-14(15)9-13/h12-15H,5-11H2,1-4H3/t12?,13-,14+,15?/m1/s1. The van der Waals surface area contributed by atoms with E-state index in [1.54, 1.807) is 6.92 Å². The van der Waals surface area contributed by atoms with E-state index in [-0.39, 0.29) is 31.3 Å². The first-order chi connectivity index (χ1) is 10.8. The summed E-state index contributed by atoms with van der Waals surface area (Å²) in [6.07, 6.45) is 5.45. The lowest BCUT2D eigenvalue weighted by Crippen LogP contribution is -2.30. The minimum absolute atomic E-state index is 0.00778. The first-order valence-electron chi connectivity index (χ1n) is 8.80. The zero-order valence-corrected chi connectivity index (χ0v) is 14.8. The number of esters is 2. The predicted octanol–water partition coefficient (Wildman–Crippen LogP) is 3.45. The first-order valence-corrected chi connectivity index (χ1v) is 8.80. The summed E-state index contributed by atoms with van der Waals surface area (Å²) in [5.41, 5.74) is -0.525. The fourth-order valence-electron chi connectivity index (χ4n) is 3.40. The van der Waals surface area contributed by atoms with Crippen LogP contribution in [0.4, 0.5) is 0 Å². The lowest BCUT2D eigenvalue weighted by molar-refractivity contribution is -0.169. The van der Waals surface area contributed by atoms with Gasteiger partial charge in [0, 0.05) is 0 Å². The van der Waals surface area contributed by atoms with Gasteiger partial charge in [-0.2, -0.15) is 0 Å². The van der Waals surface area contributed by atoms with Gasteiger partial charge < -0.3 is 14.2 Å². The van der Waals surface area contributed by atoms with Crippen molar-refractivity contribution in [2.75, 3.05) is 6.79 Å². The van der Waals surface area contributed by atoms with Crippen LogP contribution in [0.25, 0.3) is 0 Å². The van der Waals surface area contributed by atoms with Gasteiger partial charge in [0.1, 0.15) is 6.10 Å². The van der Waals surface area contributed by atoms with Crippen LogP contribution in [-0.2, 0) is 23.8 Å². The van der Waals surface area contributed by atoms with Crippen LogP contribution >= 0.6 is 0 Å². The van der Waals surface area contributed by atoms with Crippen molar-refractivity contribution in [3.8, 4) is 0 Å². The highest BCUT2D eigenvalue weighted by Crippen LogP contribution is 2.45. The van der Waals surface area contributed by atoms with E-state index in [0.29, 0.717) is 12.3 Å². The second-order valence-electron chi connectivity index (χ2n) is 7.67. The average Bonchev–Trinajstić information content (AvgIpc) is 3.09. The van der Waals surface area contributed by atoms with Crippen LogP contribution in [0.1, 0.15) is 66.2 Å². The van der Waals surface area contributed by atoms with Gasteiger partial charge in [0.25, 0.3) is 0 Å². The molecule has 0 aromatic heterocycles. The molecule has 2 saturated carbocycles. The van der Waals surface area contributed by atoms with Crippen LogP contribution in [0.15, 0.2) is 0 Å². The van der Waals surface area contributed by atoms with Gasteiger partial charge in [0.05, 0.1) is 17.9 Å². The molecule has 0 radical (unpaired) electrons. The highest BCUT2D eigenvalue weighted by Gasteiger charge is 2.40. The minimum atomic E-state index is -0.525. The Labute approximate surface area is 139 Å². The molecule has 2 aliphatic rings. The molecule has 0 heterocycles. The molecule has 23 heavy (non-hydrogen) atoms. The Bertz CT molecular complexity index is 431. The predicted molar refractivity (Wildman–Crippen MR) is 85.5 cm³/mol. The summed E-state index contributed by atoms with van der Waals surface area (Å²) in [6.45, 7) is 7.33. The smallest absolute Gasteiger partial charge is 0.311 e. The van der Waals surface area contributed by atoms with E-state index in [1.807, 2.05) is 20.8 Å². The Morgan fingerprint density at radius 2 is 1.96 bits per heavy atom. The van der Waals surface area contributed by atoms with E-state index < -0.39 is 11.5 Å². The molecule has 0 aromatic rings. The van der Waals surface area contributed by atoms with Crippen LogP contribution in [0.3, 0.4) is 0 Å². The Balaban J connectivity index is 1.61. The van der Waals surface area contributed by atoms with E-state index in [4.69, 9.17) is 14.2 Å². The molecule has 5 heteroatoms. The van der Waals surface area contributed by atoms with E-state index in [0.717, 1.165) is 12.3 Å². The Morgan fingerprint density at radius 3 is 2.52 bits per heavy atom. The molecule has 2 aliphatic carbocycles. The molecule has 0 aromatic carbocycles. The Hall–Kier alpha value is -1.10. The van der Waals surface area contributed by atoms with Gasteiger partial charge in [-0.1, -0.05) is 6.92 Å². The Kier molecular flexibility index (Phi) is 6.06. The molecule has 0 amide bonds. The van der Waals surface area contributed by atoms with Crippen molar-refractivity contribution < 1.29 is 23.8 Å². The van der Waals surface area contributed by atoms with Crippen molar-refractivity contribution in [2.45, 2.75) is 78.4 Å². The van der Waals surface area contributed by atoms with Crippen molar-refractivity contribution in [1.82, 2.24) is 0 Å². The molecular weight excluding hydrogens is 296 g/mol. The summed E-state index contributed by atoms with van der Waals surface area (Å²) < 4.78 is 16.1. The van der Waals surface area contributed by atoms with E-state index in [2.05, 4.69) is 0 Å². The van der Waals surface area contributed by atoms with Gasteiger partial charge in [0.15, 0.2) is 6.79 Å². The molecule has 0 aliphatic heterocycles. The third-order valence-electron chi connectivity index (χ3n) is 5.37. The molecule has 4 atom stereocenters. The molecule has 5 nitrogen and oxygen atoms in total. The molecule has 0 saturated heterocycles. The van der Waals surface area contributed by atoms with Gasteiger partial charge >= 0.3 is 11.9 Å². The lowest BCUT2D eigenvalue weighted by atomic mass is 9.90. The first kappa shape index (κ1) is 18.2. The van der Waals surface area contributed by atoms with Gasteiger partial charge in [0.2, 0.25) is 0 Å². The second-order valence-corrected chi connectivity index (χ2v) is 7.67. The summed E-state index contributed by atoms with van der Waals surface area (Å²) in [4.78, 5) is 23.7. The number of rotatable bonds is 8. The fourth-order valence-corrected chi connectivity index (χ4v) is 3.40. The zero-order chi connectivity index (χ0) is 17.0. The molecule has 2 rings (SSSR count). The van der Waals surface area contributed by atoms with Crippen LogP contribution in [0.5, 0.6) is 0 Å². The summed E-state index contributed by atoms with van der Waals surface area (Å²) in [7, 11) is 0. The third kappa shape index (κ3) is 4.93. The molecule has 2 fully saturated rings. The lowest BCUT2D eigenvalue weighted by Gasteiger charge is -2.23. The third-order valence-corrected chi connectivity index (χ3v) is 5.37. The van der Waals surface area contributed by atoms with Gasteiger partial charge in [-0.15, -0.1) is 0 Å². The normalized spacial score (nSPS) is 27.7.